The number of ketones is 1. The van der Waals surface area contributed by atoms with Crippen LogP contribution in [-0.4, -0.2) is 16.5 Å². The number of benzene rings is 1. The smallest absolute Gasteiger partial charge is 0.166 e. The number of Topliss-reactive ketones (excluding diaryl/α,β-unsaturated/α-hetero) is 1. The minimum atomic E-state index is -0.749. The maximum atomic E-state index is 12.1. The molecule has 1 aromatic carbocycles. The van der Waals surface area contributed by atoms with Crippen molar-refractivity contribution < 1.29 is 4.79 Å². The Hall–Kier alpha value is -1.35. The fourth-order valence-electron chi connectivity index (χ4n) is 1.70. The Bertz CT molecular complexity index is 661. The lowest BCUT2D eigenvalue weighted by atomic mass is 10.1. The molecule has 0 unspecified atom stereocenters. The molecule has 1 aromatic heterocycles. The third-order valence-corrected chi connectivity index (χ3v) is 5.07. The van der Waals surface area contributed by atoms with Crippen LogP contribution in [0.3, 0.4) is 0 Å². The molecule has 0 aliphatic carbocycles. The van der Waals surface area contributed by atoms with Gasteiger partial charge < -0.3 is 0 Å². The molecule has 0 N–H and O–H groups in total. The van der Waals surface area contributed by atoms with Gasteiger partial charge >= 0.3 is 0 Å². The van der Waals surface area contributed by atoms with Crippen molar-refractivity contribution in [2.45, 2.75) is 18.6 Å². The molecule has 1 atom stereocenters. The van der Waals surface area contributed by atoms with E-state index in [0.29, 0.717) is 15.8 Å². The largest absolute Gasteiger partial charge is 0.297 e. The summed E-state index contributed by atoms with van der Waals surface area (Å²) in [5.74, 6) is 0.185. The van der Waals surface area contributed by atoms with Crippen molar-refractivity contribution in [3.8, 4) is 6.07 Å². The lowest BCUT2D eigenvalue weighted by molar-refractivity contribution is -0.116. The number of rotatable bonds is 6. The Balaban J connectivity index is 1.89. The van der Waals surface area contributed by atoms with Crippen LogP contribution in [-0.2, 0) is 10.5 Å². The summed E-state index contributed by atoms with van der Waals surface area (Å²) in [5.41, 5.74) is 1.95. The number of hydrogen-bond acceptors (Lipinski definition) is 5. The number of aryl methyl sites for hydroxylation is 1. The van der Waals surface area contributed by atoms with Crippen molar-refractivity contribution in [3.63, 3.8) is 0 Å². The van der Waals surface area contributed by atoms with Crippen molar-refractivity contribution in [2.24, 2.45) is 0 Å². The van der Waals surface area contributed by atoms with Crippen molar-refractivity contribution >= 4 is 40.5 Å². The lowest BCUT2D eigenvalue weighted by Crippen LogP contribution is -2.13. The summed E-state index contributed by atoms with van der Waals surface area (Å²) < 4.78 is 0. The van der Waals surface area contributed by atoms with E-state index in [1.54, 1.807) is 0 Å². The van der Waals surface area contributed by atoms with Crippen molar-refractivity contribution in [1.29, 1.82) is 5.26 Å². The van der Waals surface area contributed by atoms with E-state index in [-0.39, 0.29) is 5.78 Å². The second-order valence-corrected chi connectivity index (χ2v) is 6.79. The number of aromatic nitrogens is 1. The van der Waals surface area contributed by atoms with Crippen LogP contribution in [0, 0.1) is 18.3 Å². The van der Waals surface area contributed by atoms with Crippen LogP contribution in [0.2, 0.25) is 5.02 Å². The summed E-state index contributed by atoms with van der Waals surface area (Å²) in [6.07, 6.45) is 0. The van der Waals surface area contributed by atoms with Gasteiger partial charge in [-0.2, -0.15) is 5.26 Å². The molecule has 0 bridgehead atoms. The zero-order chi connectivity index (χ0) is 15.2. The van der Waals surface area contributed by atoms with E-state index in [1.807, 2.05) is 36.6 Å². The number of hydrogen-bond donors (Lipinski definition) is 0. The van der Waals surface area contributed by atoms with Crippen LogP contribution in [0.25, 0.3) is 0 Å². The van der Waals surface area contributed by atoms with Crippen molar-refractivity contribution in [2.75, 3.05) is 5.75 Å². The van der Waals surface area contributed by atoms with Gasteiger partial charge in [-0.1, -0.05) is 23.7 Å². The third-order valence-electron chi connectivity index (χ3n) is 2.76. The topological polar surface area (TPSA) is 53.8 Å². The fraction of sp³-hybridized carbons (Fsp3) is 0.267. The van der Waals surface area contributed by atoms with Gasteiger partial charge in [-0.05, 0) is 24.6 Å². The Labute approximate surface area is 137 Å². The van der Waals surface area contributed by atoms with Gasteiger partial charge in [-0.15, -0.1) is 23.1 Å². The molecule has 1 heterocycles. The zero-order valence-corrected chi connectivity index (χ0v) is 13.8. The summed E-state index contributed by atoms with van der Waals surface area (Å²) in [7, 11) is 0. The predicted octanol–water partition coefficient (Wildman–Crippen LogP) is 4.21. The summed E-state index contributed by atoms with van der Waals surface area (Å²) in [5, 5.41) is 12.3. The molecule has 0 aliphatic rings. The van der Waals surface area contributed by atoms with Gasteiger partial charge in [0.05, 0.1) is 11.8 Å². The summed E-state index contributed by atoms with van der Waals surface area (Å²) >= 11 is 8.69. The van der Waals surface area contributed by atoms with Gasteiger partial charge in [0.15, 0.2) is 11.7 Å². The molecule has 0 fully saturated rings. The first kappa shape index (κ1) is 16.0. The molecule has 21 heavy (non-hydrogen) atoms. The molecule has 0 spiro atoms. The maximum Gasteiger partial charge on any atom is 0.166 e. The van der Waals surface area contributed by atoms with E-state index in [0.717, 1.165) is 17.0 Å². The van der Waals surface area contributed by atoms with E-state index in [1.165, 1.54) is 23.1 Å². The summed E-state index contributed by atoms with van der Waals surface area (Å²) in [6, 6.07) is 9.59. The number of thioether (sulfide) groups is 1. The number of nitrogens with zero attached hydrogens (tertiary/aromatic N) is 2. The number of halogens is 1. The van der Waals surface area contributed by atoms with Gasteiger partial charge in [-0.25, -0.2) is 4.98 Å². The second kappa shape index (κ2) is 7.60. The first-order valence-electron chi connectivity index (χ1n) is 6.26. The molecule has 0 amide bonds. The van der Waals surface area contributed by atoms with E-state index >= 15 is 0 Å². The number of carbonyl (C=O) groups is 1. The molecule has 108 valence electrons. The van der Waals surface area contributed by atoms with E-state index < -0.39 is 5.92 Å². The normalized spacial score (nSPS) is 11.9. The molecule has 2 rings (SSSR count). The number of nitriles is 1. The monoisotopic (exact) mass is 336 g/mol. The van der Waals surface area contributed by atoms with E-state index in [9.17, 15) is 10.1 Å². The highest BCUT2D eigenvalue weighted by atomic mass is 35.5. The summed E-state index contributed by atoms with van der Waals surface area (Å²) in [6.45, 7) is 1.86. The van der Waals surface area contributed by atoms with Crippen LogP contribution in [0.1, 0.15) is 22.2 Å². The van der Waals surface area contributed by atoms with Crippen molar-refractivity contribution in [1.82, 2.24) is 4.98 Å². The Kier molecular flexibility index (Phi) is 5.80. The molecular formula is C15H13ClN2OS2. The third kappa shape index (κ3) is 4.57. The lowest BCUT2D eigenvalue weighted by Gasteiger charge is -2.05. The standard InChI is InChI=1S/C15H13ClN2OS2/c1-10-7-21-15(18-10)13(6-17)14(19)9-20-8-11-2-4-12(16)5-3-11/h2-5,7,13H,8-9H2,1H3/t13-/m1/s1. The Morgan fingerprint density at radius 1 is 1.48 bits per heavy atom. The maximum absolute atomic E-state index is 12.1. The van der Waals surface area contributed by atoms with Gasteiger partial charge in [0.1, 0.15) is 5.01 Å². The average molecular weight is 337 g/mol. The Morgan fingerprint density at radius 3 is 2.76 bits per heavy atom. The van der Waals surface area contributed by atoms with E-state index in [4.69, 9.17) is 11.6 Å². The molecule has 0 saturated heterocycles. The minimum Gasteiger partial charge on any atom is -0.297 e. The highest BCUT2D eigenvalue weighted by Crippen LogP contribution is 2.23. The molecular weight excluding hydrogens is 324 g/mol. The van der Waals surface area contributed by atoms with Crippen LogP contribution in [0.5, 0.6) is 0 Å². The highest BCUT2D eigenvalue weighted by molar-refractivity contribution is 7.99. The molecule has 0 radical (unpaired) electrons. The molecule has 3 nitrogen and oxygen atoms in total. The SMILES string of the molecule is Cc1csc([C@H](C#N)C(=O)CSCc2ccc(Cl)cc2)n1. The van der Waals surface area contributed by atoms with Crippen molar-refractivity contribution in [3.05, 3.63) is 50.9 Å². The van der Waals surface area contributed by atoms with Crippen LogP contribution < -0.4 is 0 Å². The summed E-state index contributed by atoms with van der Waals surface area (Å²) in [4.78, 5) is 16.4. The Morgan fingerprint density at radius 2 is 2.19 bits per heavy atom. The van der Waals surface area contributed by atoms with Crippen LogP contribution >= 0.6 is 34.7 Å². The zero-order valence-electron chi connectivity index (χ0n) is 11.4. The van der Waals surface area contributed by atoms with Gasteiger partial charge in [0, 0.05) is 21.8 Å². The number of thiazole rings is 1. The molecule has 0 aliphatic heterocycles. The minimum absolute atomic E-state index is 0.0918. The van der Waals surface area contributed by atoms with Crippen LogP contribution in [0.4, 0.5) is 0 Å². The predicted molar refractivity (Wildman–Crippen MR) is 87.8 cm³/mol. The van der Waals surface area contributed by atoms with Gasteiger partial charge in [0.2, 0.25) is 0 Å². The first-order valence-corrected chi connectivity index (χ1v) is 8.68. The fourth-order valence-corrected chi connectivity index (χ4v) is 3.59. The average Bonchev–Trinajstić information content (AvgIpc) is 2.88. The van der Waals surface area contributed by atoms with E-state index in [2.05, 4.69) is 11.1 Å². The van der Waals surface area contributed by atoms with Crippen LogP contribution in [0.15, 0.2) is 29.6 Å². The quantitative estimate of drug-likeness (QED) is 0.792. The van der Waals surface area contributed by atoms with Gasteiger partial charge in [-0.3, -0.25) is 4.79 Å². The first-order chi connectivity index (χ1) is 10.1. The number of carbonyl (C=O) groups excluding carboxylic acids is 1. The van der Waals surface area contributed by atoms with Gasteiger partial charge in [0.25, 0.3) is 0 Å². The molecule has 2 aromatic rings. The second-order valence-electron chi connectivity index (χ2n) is 4.47. The molecule has 0 saturated carbocycles. The highest BCUT2D eigenvalue weighted by Gasteiger charge is 2.22. The molecule has 6 heteroatoms.